The van der Waals surface area contributed by atoms with E-state index < -0.39 is 0 Å². The SMILES string of the molecule is CC1C=CC(OCCN2CCCCC2)=CCC1. The summed E-state index contributed by atoms with van der Waals surface area (Å²) in [5.41, 5.74) is 0. The minimum Gasteiger partial charge on any atom is -0.493 e. The van der Waals surface area contributed by atoms with Crippen molar-refractivity contribution in [1.29, 1.82) is 0 Å². The van der Waals surface area contributed by atoms with E-state index in [0.29, 0.717) is 5.92 Å². The van der Waals surface area contributed by atoms with Gasteiger partial charge in [-0.05, 0) is 56.8 Å². The van der Waals surface area contributed by atoms with Crippen LogP contribution >= 0.6 is 0 Å². The lowest BCUT2D eigenvalue weighted by atomic mass is 10.1. The van der Waals surface area contributed by atoms with E-state index in [9.17, 15) is 0 Å². The quantitative estimate of drug-likeness (QED) is 0.741. The summed E-state index contributed by atoms with van der Waals surface area (Å²) >= 11 is 0. The highest BCUT2D eigenvalue weighted by molar-refractivity contribution is 5.15. The van der Waals surface area contributed by atoms with Crippen LogP contribution in [0.4, 0.5) is 0 Å². The largest absolute Gasteiger partial charge is 0.493 e. The molecular weight excluding hydrogens is 210 g/mol. The Balaban J connectivity index is 1.67. The zero-order valence-electron chi connectivity index (χ0n) is 11.0. The normalized spacial score (nSPS) is 26.4. The van der Waals surface area contributed by atoms with E-state index in [2.05, 4.69) is 30.1 Å². The molecule has 0 aromatic heterocycles. The average molecular weight is 235 g/mol. The molecule has 0 radical (unpaired) electrons. The van der Waals surface area contributed by atoms with Crippen molar-refractivity contribution in [2.75, 3.05) is 26.2 Å². The lowest BCUT2D eigenvalue weighted by Gasteiger charge is -2.26. The summed E-state index contributed by atoms with van der Waals surface area (Å²) in [6, 6.07) is 0. The van der Waals surface area contributed by atoms with Gasteiger partial charge in [-0.3, -0.25) is 4.90 Å². The molecule has 2 heteroatoms. The van der Waals surface area contributed by atoms with Gasteiger partial charge < -0.3 is 4.74 Å². The molecule has 96 valence electrons. The second-order valence-corrected chi connectivity index (χ2v) is 5.27. The molecule has 0 N–H and O–H groups in total. The van der Waals surface area contributed by atoms with E-state index in [1.54, 1.807) is 0 Å². The van der Waals surface area contributed by atoms with Crippen LogP contribution < -0.4 is 0 Å². The number of rotatable bonds is 4. The number of allylic oxidation sites excluding steroid dienone is 3. The Morgan fingerprint density at radius 1 is 1.29 bits per heavy atom. The smallest absolute Gasteiger partial charge is 0.115 e. The fourth-order valence-corrected chi connectivity index (χ4v) is 2.49. The first-order valence-corrected chi connectivity index (χ1v) is 7.08. The third-order valence-corrected chi connectivity index (χ3v) is 3.68. The summed E-state index contributed by atoms with van der Waals surface area (Å²) in [5, 5.41) is 0. The van der Waals surface area contributed by atoms with Gasteiger partial charge in [-0.25, -0.2) is 0 Å². The highest BCUT2D eigenvalue weighted by Gasteiger charge is 2.10. The molecule has 0 aromatic carbocycles. The van der Waals surface area contributed by atoms with Crippen molar-refractivity contribution < 1.29 is 4.74 Å². The van der Waals surface area contributed by atoms with E-state index in [1.165, 1.54) is 38.8 Å². The molecule has 1 aliphatic heterocycles. The maximum Gasteiger partial charge on any atom is 0.115 e. The monoisotopic (exact) mass is 235 g/mol. The third-order valence-electron chi connectivity index (χ3n) is 3.68. The summed E-state index contributed by atoms with van der Waals surface area (Å²) < 4.78 is 5.85. The number of hydrogen-bond acceptors (Lipinski definition) is 2. The van der Waals surface area contributed by atoms with Crippen LogP contribution in [0.5, 0.6) is 0 Å². The molecule has 1 unspecified atom stereocenters. The fraction of sp³-hybridized carbons (Fsp3) is 0.733. The van der Waals surface area contributed by atoms with Crippen LogP contribution in [0.2, 0.25) is 0 Å². The van der Waals surface area contributed by atoms with E-state index in [1.807, 2.05) is 0 Å². The van der Waals surface area contributed by atoms with Gasteiger partial charge in [-0.1, -0.05) is 19.4 Å². The van der Waals surface area contributed by atoms with Gasteiger partial charge in [0, 0.05) is 6.54 Å². The summed E-state index contributed by atoms with van der Waals surface area (Å²) in [6.45, 7) is 6.71. The van der Waals surface area contributed by atoms with Crippen molar-refractivity contribution in [1.82, 2.24) is 4.90 Å². The van der Waals surface area contributed by atoms with Crippen LogP contribution in [0.3, 0.4) is 0 Å². The van der Waals surface area contributed by atoms with E-state index >= 15 is 0 Å². The van der Waals surface area contributed by atoms with Crippen molar-refractivity contribution in [2.24, 2.45) is 5.92 Å². The Kier molecular flexibility index (Phi) is 5.11. The Hall–Kier alpha value is -0.760. The van der Waals surface area contributed by atoms with Gasteiger partial charge >= 0.3 is 0 Å². The molecule has 2 nitrogen and oxygen atoms in total. The Morgan fingerprint density at radius 2 is 2.12 bits per heavy atom. The summed E-state index contributed by atoms with van der Waals surface area (Å²) in [7, 11) is 0. The highest BCUT2D eigenvalue weighted by Crippen LogP contribution is 2.16. The predicted molar refractivity (Wildman–Crippen MR) is 71.9 cm³/mol. The Labute approximate surface area is 105 Å². The zero-order chi connectivity index (χ0) is 11.9. The van der Waals surface area contributed by atoms with Crippen LogP contribution in [-0.4, -0.2) is 31.1 Å². The second-order valence-electron chi connectivity index (χ2n) is 5.27. The van der Waals surface area contributed by atoms with Crippen LogP contribution in [0.1, 0.15) is 39.0 Å². The molecule has 17 heavy (non-hydrogen) atoms. The summed E-state index contributed by atoms with van der Waals surface area (Å²) in [5.74, 6) is 1.76. The number of ether oxygens (including phenoxy) is 1. The Bertz CT molecular complexity index is 277. The molecule has 1 saturated heterocycles. The van der Waals surface area contributed by atoms with Crippen LogP contribution in [0, 0.1) is 5.92 Å². The minimum absolute atomic E-state index is 0.689. The van der Waals surface area contributed by atoms with Gasteiger partial charge in [-0.15, -0.1) is 0 Å². The molecule has 0 spiro atoms. The molecule has 1 atom stereocenters. The van der Waals surface area contributed by atoms with Crippen molar-refractivity contribution in [3.8, 4) is 0 Å². The molecule has 1 fully saturated rings. The summed E-state index contributed by atoms with van der Waals surface area (Å²) in [6.07, 6.45) is 13.2. The van der Waals surface area contributed by atoms with Gasteiger partial charge in [0.25, 0.3) is 0 Å². The number of hydrogen-bond donors (Lipinski definition) is 0. The topological polar surface area (TPSA) is 12.5 Å². The molecule has 0 aromatic rings. The molecule has 2 rings (SSSR count). The van der Waals surface area contributed by atoms with Gasteiger partial charge in [0.1, 0.15) is 12.4 Å². The van der Waals surface area contributed by atoms with Crippen LogP contribution in [0.25, 0.3) is 0 Å². The first-order valence-electron chi connectivity index (χ1n) is 7.08. The molecule has 0 saturated carbocycles. The second kappa shape index (κ2) is 6.85. The number of piperidine rings is 1. The predicted octanol–water partition coefficient (Wildman–Crippen LogP) is 3.36. The van der Waals surface area contributed by atoms with Crippen LogP contribution in [-0.2, 0) is 4.74 Å². The Morgan fingerprint density at radius 3 is 2.94 bits per heavy atom. The van der Waals surface area contributed by atoms with E-state index in [0.717, 1.165) is 25.3 Å². The van der Waals surface area contributed by atoms with Gasteiger partial charge in [0.05, 0.1) is 0 Å². The molecule has 0 amide bonds. The van der Waals surface area contributed by atoms with E-state index in [-0.39, 0.29) is 0 Å². The maximum atomic E-state index is 5.85. The number of likely N-dealkylation sites (tertiary alicyclic amines) is 1. The standard InChI is InChI=1S/C15H25NO/c1-14-6-5-7-15(9-8-14)17-13-12-16-10-3-2-4-11-16/h7-9,14H,2-6,10-13H2,1H3. The van der Waals surface area contributed by atoms with Gasteiger partial charge in [0.15, 0.2) is 0 Å². The van der Waals surface area contributed by atoms with Gasteiger partial charge in [0.2, 0.25) is 0 Å². The summed E-state index contributed by atoms with van der Waals surface area (Å²) in [4.78, 5) is 2.52. The minimum atomic E-state index is 0.689. The van der Waals surface area contributed by atoms with Crippen LogP contribution in [0.15, 0.2) is 24.0 Å². The molecule has 0 bridgehead atoms. The molecule has 1 aliphatic carbocycles. The lowest BCUT2D eigenvalue weighted by Crippen LogP contribution is -2.32. The van der Waals surface area contributed by atoms with Crippen molar-refractivity contribution >= 4 is 0 Å². The zero-order valence-corrected chi connectivity index (χ0v) is 11.0. The third kappa shape index (κ3) is 4.55. The highest BCUT2D eigenvalue weighted by atomic mass is 16.5. The average Bonchev–Trinajstić information content (AvgIpc) is 2.56. The number of nitrogens with zero attached hydrogens (tertiary/aromatic N) is 1. The molecule has 2 aliphatic rings. The lowest BCUT2D eigenvalue weighted by molar-refractivity contribution is 0.148. The van der Waals surface area contributed by atoms with Crippen molar-refractivity contribution in [3.05, 3.63) is 24.0 Å². The molecular formula is C15H25NO. The van der Waals surface area contributed by atoms with Gasteiger partial charge in [-0.2, -0.15) is 0 Å². The van der Waals surface area contributed by atoms with E-state index in [4.69, 9.17) is 4.74 Å². The van der Waals surface area contributed by atoms with Crippen molar-refractivity contribution in [2.45, 2.75) is 39.0 Å². The molecule has 1 heterocycles. The fourth-order valence-electron chi connectivity index (χ4n) is 2.49. The van der Waals surface area contributed by atoms with Crippen molar-refractivity contribution in [3.63, 3.8) is 0 Å². The first kappa shape index (κ1) is 12.7. The maximum absolute atomic E-state index is 5.85. The first-order chi connectivity index (χ1) is 8.34.